The molecule has 1 amide bonds. The summed E-state index contributed by atoms with van der Waals surface area (Å²) < 4.78 is 0.780. The molecule has 0 spiro atoms. The Bertz CT molecular complexity index is 531. The molecule has 1 N–H and O–H groups in total. The van der Waals surface area contributed by atoms with Gasteiger partial charge in [-0.25, -0.2) is 0 Å². The fraction of sp³-hybridized carbons (Fsp3) is 0.562. The molecule has 3 atom stereocenters. The summed E-state index contributed by atoms with van der Waals surface area (Å²) in [5.74, 6) is 2.32. The molecule has 2 aliphatic carbocycles. The number of halogens is 1. The molecular formula is C16H20BrNO2. The van der Waals surface area contributed by atoms with Gasteiger partial charge in [0, 0.05) is 18.1 Å². The Hall–Kier alpha value is -1.03. The monoisotopic (exact) mass is 337 g/mol. The summed E-state index contributed by atoms with van der Waals surface area (Å²) in [5.41, 5.74) is 0.388. The minimum absolute atomic E-state index is 0.0455. The third-order valence-corrected chi connectivity index (χ3v) is 5.42. The SMILES string of the molecule is CN(CC1CC2CCC1C2)C(=O)c1ccc(Br)cc1O. The van der Waals surface area contributed by atoms with Crippen molar-refractivity contribution < 1.29 is 9.90 Å². The zero-order valence-electron chi connectivity index (χ0n) is 11.7. The van der Waals surface area contributed by atoms with Gasteiger partial charge in [0.05, 0.1) is 5.56 Å². The van der Waals surface area contributed by atoms with Crippen LogP contribution in [0.4, 0.5) is 0 Å². The number of carbonyl (C=O) groups is 1. The number of hydrogen-bond acceptors (Lipinski definition) is 2. The Labute approximate surface area is 128 Å². The first-order chi connectivity index (χ1) is 9.54. The lowest BCUT2D eigenvalue weighted by molar-refractivity contribution is 0.0751. The molecule has 2 bridgehead atoms. The van der Waals surface area contributed by atoms with Gasteiger partial charge in [0.2, 0.25) is 0 Å². The highest BCUT2D eigenvalue weighted by Crippen LogP contribution is 2.48. The fourth-order valence-corrected chi connectivity index (χ4v) is 4.28. The Morgan fingerprint density at radius 3 is 2.80 bits per heavy atom. The predicted octanol–water partition coefficient (Wildman–Crippen LogP) is 3.66. The van der Waals surface area contributed by atoms with Crippen molar-refractivity contribution in [3.05, 3.63) is 28.2 Å². The van der Waals surface area contributed by atoms with Gasteiger partial charge in [-0.1, -0.05) is 22.4 Å². The molecule has 0 heterocycles. The second-order valence-electron chi connectivity index (χ2n) is 6.28. The number of hydrogen-bond donors (Lipinski definition) is 1. The van der Waals surface area contributed by atoms with Gasteiger partial charge in [-0.3, -0.25) is 4.79 Å². The maximum absolute atomic E-state index is 12.4. The Morgan fingerprint density at radius 1 is 1.40 bits per heavy atom. The molecule has 1 aromatic rings. The van der Waals surface area contributed by atoms with Gasteiger partial charge in [-0.2, -0.15) is 0 Å². The van der Waals surface area contributed by atoms with Crippen molar-refractivity contribution in [3.63, 3.8) is 0 Å². The molecule has 3 unspecified atom stereocenters. The van der Waals surface area contributed by atoms with Crippen LogP contribution in [0.2, 0.25) is 0 Å². The van der Waals surface area contributed by atoms with Crippen LogP contribution in [0.15, 0.2) is 22.7 Å². The van der Waals surface area contributed by atoms with E-state index in [4.69, 9.17) is 0 Å². The highest BCUT2D eigenvalue weighted by Gasteiger charge is 2.40. The molecule has 2 aliphatic rings. The molecule has 0 aromatic heterocycles. The summed E-state index contributed by atoms with van der Waals surface area (Å²) in [5, 5.41) is 9.90. The van der Waals surface area contributed by atoms with Gasteiger partial charge >= 0.3 is 0 Å². The molecule has 20 heavy (non-hydrogen) atoms. The van der Waals surface area contributed by atoms with Crippen LogP contribution < -0.4 is 0 Å². The van der Waals surface area contributed by atoms with Crippen molar-refractivity contribution in [2.24, 2.45) is 17.8 Å². The van der Waals surface area contributed by atoms with Crippen LogP contribution in [0.1, 0.15) is 36.0 Å². The maximum atomic E-state index is 12.4. The minimum atomic E-state index is -0.0854. The van der Waals surface area contributed by atoms with Gasteiger partial charge in [0.15, 0.2) is 0 Å². The average molecular weight is 338 g/mol. The molecule has 0 radical (unpaired) electrons. The van der Waals surface area contributed by atoms with Crippen molar-refractivity contribution >= 4 is 21.8 Å². The zero-order valence-corrected chi connectivity index (χ0v) is 13.3. The smallest absolute Gasteiger partial charge is 0.257 e. The van der Waals surface area contributed by atoms with Gasteiger partial charge in [0.1, 0.15) is 5.75 Å². The van der Waals surface area contributed by atoms with Crippen LogP contribution in [0.5, 0.6) is 5.75 Å². The molecule has 2 fully saturated rings. The van der Waals surface area contributed by atoms with Crippen LogP contribution >= 0.6 is 15.9 Å². The second-order valence-corrected chi connectivity index (χ2v) is 7.20. The number of amides is 1. The lowest BCUT2D eigenvalue weighted by Crippen LogP contribution is -2.33. The first-order valence-electron chi connectivity index (χ1n) is 7.28. The van der Waals surface area contributed by atoms with Crippen LogP contribution in [0.3, 0.4) is 0 Å². The summed E-state index contributed by atoms with van der Waals surface area (Å²) >= 11 is 3.29. The topological polar surface area (TPSA) is 40.5 Å². The molecule has 108 valence electrons. The van der Waals surface area contributed by atoms with E-state index in [2.05, 4.69) is 15.9 Å². The summed E-state index contributed by atoms with van der Waals surface area (Å²) in [7, 11) is 1.84. The van der Waals surface area contributed by atoms with Gasteiger partial charge in [-0.15, -0.1) is 0 Å². The molecule has 0 aliphatic heterocycles. The second kappa shape index (κ2) is 5.40. The summed E-state index contributed by atoms with van der Waals surface area (Å²) in [6.45, 7) is 0.815. The number of benzene rings is 1. The van der Waals surface area contributed by atoms with Gasteiger partial charge in [-0.05, 0) is 55.2 Å². The minimum Gasteiger partial charge on any atom is -0.507 e. The molecule has 0 saturated heterocycles. The average Bonchev–Trinajstić information content (AvgIpc) is 3.00. The first-order valence-corrected chi connectivity index (χ1v) is 8.08. The van der Waals surface area contributed by atoms with E-state index in [9.17, 15) is 9.90 Å². The maximum Gasteiger partial charge on any atom is 0.257 e. The molecule has 3 rings (SSSR count). The van der Waals surface area contributed by atoms with E-state index in [1.165, 1.54) is 25.7 Å². The van der Waals surface area contributed by atoms with Gasteiger partial charge < -0.3 is 10.0 Å². The lowest BCUT2D eigenvalue weighted by atomic mass is 9.88. The number of carbonyl (C=O) groups excluding carboxylic acids is 1. The fourth-order valence-electron chi connectivity index (χ4n) is 3.93. The van der Waals surface area contributed by atoms with Crippen molar-refractivity contribution in [3.8, 4) is 5.75 Å². The van der Waals surface area contributed by atoms with E-state index >= 15 is 0 Å². The number of aromatic hydroxyl groups is 1. The van der Waals surface area contributed by atoms with Crippen LogP contribution in [-0.4, -0.2) is 29.5 Å². The Morgan fingerprint density at radius 2 is 2.20 bits per heavy atom. The number of phenols is 1. The largest absolute Gasteiger partial charge is 0.507 e. The third kappa shape index (κ3) is 2.58. The quantitative estimate of drug-likeness (QED) is 0.914. The molecule has 3 nitrogen and oxygen atoms in total. The third-order valence-electron chi connectivity index (χ3n) is 4.93. The van der Waals surface area contributed by atoms with Crippen LogP contribution in [-0.2, 0) is 0 Å². The summed E-state index contributed by atoms with van der Waals surface area (Å²) in [4.78, 5) is 14.2. The van der Waals surface area contributed by atoms with Crippen molar-refractivity contribution in [2.45, 2.75) is 25.7 Å². The van der Waals surface area contributed by atoms with Gasteiger partial charge in [0.25, 0.3) is 5.91 Å². The number of rotatable bonds is 3. The molecule has 1 aromatic carbocycles. The molecule has 2 saturated carbocycles. The van der Waals surface area contributed by atoms with E-state index in [1.54, 1.807) is 23.1 Å². The van der Waals surface area contributed by atoms with E-state index in [1.807, 2.05) is 7.05 Å². The summed E-state index contributed by atoms with van der Waals surface area (Å²) in [6, 6.07) is 5.04. The number of fused-ring (bicyclic) bond motifs is 2. The van der Waals surface area contributed by atoms with E-state index < -0.39 is 0 Å². The van der Waals surface area contributed by atoms with Crippen LogP contribution in [0.25, 0.3) is 0 Å². The van der Waals surface area contributed by atoms with Crippen LogP contribution in [0, 0.1) is 17.8 Å². The normalized spacial score (nSPS) is 27.8. The highest BCUT2D eigenvalue weighted by atomic mass is 79.9. The Kier molecular flexibility index (Phi) is 3.76. The lowest BCUT2D eigenvalue weighted by Gasteiger charge is -2.27. The Balaban J connectivity index is 1.67. The predicted molar refractivity (Wildman–Crippen MR) is 81.7 cm³/mol. The standard InChI is InChI=1S/C16H20BrNO2/c1-18(9-12-7-10-2-3-11(12)6-10)16(20)14-5-4-13(17)8-15(14)19/h4-5,8,10-12,19H,2-3,6-7,9H2,1H3. The zero-order chi connectivity index (χ0) is 14.3. The van der Waals surface area contributed by atoms with Crippen molar-refractivity contribution in [2.75, 3.05) is 13.6 Å². The van der Waals surface area contributed by atoms with Crippen molar-refractivity contribution in [1.82, 2.24) is 4.90 Å². The van der Waals surface area contributed by atoms with E-state index in [0.717, 1.165) is 22.9 Å². The number of nitrogens with zero attached hydrogens (tertiary/aromatic N) is 1. The van der Waals surface area contributed by atoms with Crippen molar-refractivity contribution in [1.29, 1.82) is 0 Å². The highest BCUT2D eigenvalue weighted by molar-refractivity contribution is 9.10. The van der Waals surface area contributed by atoms with E-state index in [-0.39, 0.29) is 11.7 Å². The molecular weight excluding hydrogens is 318 g/mol. The van der Waals surface area contributed by atoms with E-state index in [0.29, 0.717) is 11.5 Å². The number of phenolic OH excluding ortho intramolecular Hbond substituents is 1. The first kappa shape index (κ1) is 13.9. The summed E-state index contributed by atoms with van der Waals surface area (Å²) in [6.07, 6.45) is 5.35. The molecule has 4 heteroatoms.